The SMILES string of the molecule is CCCNCc1ccc(S(=O)(=O)NC2(C)CCCCC2)o1. The lowest BCUT2D eigenvalue weighted by atomic mass is 9.84. The second kappa shape index (κ2) is 6.94. The Morgan fingerprint density at radius 1 is 1.24 bits per heavy atom. The van der Waals surface area contributed by atoms with Gasteiger partial charge in [0.05, 0.1) is 6.54 Å². The van der Waals surface area contributed by atoms with Crippen molar-refractivity contribution in [1.29, 1.82) is 0 Å². The minimum absolute atomic E-state index is 0.0163. The van der Waals surface area contributed by atoms with Crippen molar-refractivity contribution in [1.82, 2.24) is 10.0 Å². The predicted molar refractivity (Wildman–Crippen MR) is 82.5 cm³/mol. The molecule has 1 aromatic heterocycles. The van der Waals surface area contributed by atoms with Gasteiger partial charge in [-0.05, 0) is 44.9 Å². The Kier molecular flexibility index (Phi) is 5.46. The van der Waals surface area contributed by atoms with Crippen LogP contribution in [0.4, 0.5) is 0 Å². The number of sulfonamides is 1. The summed E-state index contributed by atoms with van der Waals surface area (Å²) in [5.41, 5.74) is -0.343. The van der Waals surface area contributed by atoms with E-state index in [1.165, 1.54) is 12.5 Å². The maximum Gasteiger partial charge on any atom is 0.274 e. The average molecular weight is 314 g/mol. The van der Waals surface area contributed by atoms with Gasteiger partial charge in [0.2, 0.25) is 5.09 Å². The van der Waals surface area contributed by atoms with Gasteiger partial charge >= 0.3 is 0 Å². The van der Waals surface area contributed by atoms with Gasteiger partial charge in [-0.3, -0.25) is 0 Å². The van der Waals surface area contributed by atoms with Gasteiger partial charge < -0.3 is 9.73 Å². The van der Waals surface area contributed by atoms with E-state index in [9.17, 15) is 8.42 Å². The van der Waals surface area contributed by atoms with Crippen molar-refractivity contribution in [2.45, 2.75) is 69.5 Å². The predicted octanol–water partition coefficient (Wildman–Crippen LogP) is 2.78. The third kappa shape index (κ3) is 4.56. The fourth-order valence-corrected chi connectivity index (χ4v) is 4.21. The Labute approximate surface area is 127 Å². The number of nitrogens with one attached hydrogen (secondary N) is 2. The lowest BCUT2D eigenvalue weighted by Gasteiger charge is -2.33. The van der Waals surface area contributed by atoms with Crippen LogP contribution in [0, 0.1) is 0 Å². The molecule has 21 heavy (non-hydrogen) atoms. The molecule has 0 saturated heterocycles. The first-order chi connectivity index (χ1) is 9.95. The molecule has 0 radical (unpaired) electrons. The Balaban J connectivity index is 2.02. The largest absolute Gasteiger partial charge is 0.447 e. The summed E-state index contributed by atoms with van der Waals surface area (Å²) < 4.78 is 33.1. The van der Waals surface area contributed by atoms with Gasteiger partial charge in [0.15, 0.2) is 0 Å². The van der Waals surface area contributed by atoms with Crippen LogP contribution in [0.25, 0.3) is 0 Å². The second-order valence-electron chi connectivity index (χ2n) is 6.12. The van der Waals surface area contributed by atoms with E-state index < -0.39 is 10.0 Å². The van der Waals surface area contributed by atoms with Crippen LogP contribution in [-0.2, 0) is 16.6 Å². The molecule has 0 bridgehead atoms. The highest BCUT2D eigenvalue weighted by Crippen LogP contribution is 2.29. The highest BCUT2D eigenvalue weighted by atomic mass is 32.2. The van der Waals surface area contributed by atoms with Gasteiger partial charge in [0.1, 0.15) is 5.76 Å². The van der Waals surface area contributed by atoms with E-state index in [2.05, 4.69) is 17.0 Å². The molecule has 1 aliphatic rings. The molecule has 1 aliphatic carbocycles. The van der Waals surface area contributed by atoms with E-state index in [1.54, 1.807) is 6.07 Å². The molecule has 120 valence electrons. The molecule has 1 heterocycles. The molecular weight excluding hydrogens is 288 g/mol. The Hall–Kier alpha value is -0.850. The summed E-state index contributed by atoms with van der Waals surface area (Å²) in [6.07, 6.45) is 6.14. The molecule has 1 fully saturated rings. The summed E-state index contributed by atoms with van der Waals surface area (Å²) in [4.78, 5) is 0. The Bertz CT molecular complexity index is 545. The van der Waals surface area contributed by atoms with Crippen molar-refractivity contribution in [3.05, 3.63) is 17.9 Å². The van der Waals surface area contributed by atoms with Gasteiger partial charge in [-0.25, -0.2) is 13.1 Å². The van der Waals surface area contributed by atoms with Crippen molar-refractivity contribution >= 4 is 10.0 Å². The van der Waals surface area contributed by atoms with Gasteiger partial charge in [-0.1, -0.05) is 26.2 Å². The molecular formula is C15H26N2O3S. The summed E-state index contributed by atoms with van der Waals surface area (Å²) in [5, 5.41) is 3.21. The van der Waals surface area contributed by atoms with Crippen LogP contribution < -0.4 is 10.0 Å². The van der Waals surface area contributed by atoms with E-state index in [-0.39, 0.29) is 10.6 Å². The normalized spacial score (nSPS) is 18.8. The first kappa shape index (κ1) is 16.5. The topological polar surface area (TPSA) is 71.3 Å². The second-order valence-corrected chi connectivity index (χ2v) is 7.74. The fourth-order valence-electron chi connectivity index (χ4n) is 2.79. The number of hydrogen-bond donors (Lipinski definition) is 2. The lowest BCUT2D eigenvalue weighted by molar-refractivity contribution is 0.290. The van der Waals surface area contributed by atoms with Crippen molar-refractivity contribution in [2.24, 2.45) is 0 Å². The molecule has 0 spiro atoms. The molecule has 0 amide bonds. The first-order valence-corrected chi connectivity index (χ1v) is 9.27. The summed E-state index contributed by atoms with van der Waals surface area (Å²) in [6.45, 7) is 5.51. The lowest BCUT2D eigenvalue weighted by Crippen LogP contribution is -2.46. The zero-order valence-electron chi connectivity index (χ0n) is 12.9. The summed E-state index contributed by atoms with van der Waals surface area (Å²) in [7, 11) is -3.57. The standard InChI is InChI=1S/C15H26N2O3S/c1-3-11-16-12-13-7-8-14(20-13)21(18,19)17-15(2)9-5-4-6-10-15/h7-8,16-17H,3-6,9-12H2,1-2H3. The molecule has 2 rings (SSSR count). The van der Waals surface area contributed by atoms with Crippen LogP contribution in [0.1, 0.15) is 58.1 Å². The van der Waals surface area contributed by atoms with E-state index in [1.807, 2.05) is 6.92 Å². The third-order valence-corrected chi connectivity index (χ3v) is 5.48. The molecule has 5 nitrogen and oxygen atoms in total. The van der Waals surface area contributed by atoms with E-state index in [0.29, 0.717) is 12.3 Å². The van der Waals surface area contributed by atoms with Gasteiger partial charge in [-0.15, -0.1) is 0 Å². The van der Waals surface area contributed by atoms with Crippen LogP contribution in [0.2, 0.25) is 0 Å². The summed E-state index contributed by atoms with van der Waals surface area (Å²) in [5.74, 6) is 0.651. The van der Waals surface area contributed by atoms with Crippen molar-refractivity contribution in [2.75, 3.05) is 6.54 Å². The minimum Gasteiger partial charge on any atom is -0.447 e. The van der Waals surface area contributed by atoms with Crippen LogP contribution in [0.3, 0.4) is 0 Å². The van der Waals surface area contributed by atoms with Gasteiger partial charge in [0.25, 0.3) is 10.0 Å². The maximum absolute atomic E-state index is 12.4. The van der Waals surface area contributed by atoms with E-state index >= 15 is 0 Å². The monoisotopic (exact) mass is 314 g/mol. The first-order valence-electron chi connectivity index (χ1n) is 7.79. The maximum atomic E-state index is 12.4. The van der Waals surface area contributed by atoms with Gasteiger partial charge in [0, 0.05) is 5.54 Å². The molecule has 2 N–H and O–H groups in total. The van der Waals surface area contributed by atoms with Crippen LogP contribution in [-0.4, -0.2) is 20.5 Å². The Morgan fingerprint density at radius 2 is 1.95 bits per heavy atom. The molecule has 6 heteroatoms. The molecule has 1 aromatic rings. The smallest absolute Gasteiger partial charge is 0.274 e. The zero-order chi connectivity index (χ0) is 15.3. The molecule has 0 aromatic carbocycles. The number of hydrogen-bond acceptors (Lipinski definition) is 4. The molecule has 1 saturated carbocycles. The van der Waals surface area contributed by atoms with Crippen molar-refractivity contribution in [3.8, 4) is 0 Å². The van der Waals surface area contributed by atoms with E-state index in [4.69, 9.17) is 4.42 Å². The highest BCUT2D eigenvalue weighted by molar-refractivity contribution is 7.89. The quantitative estimate of drug-likeness (QED) is 0.759. The summed E-state index contributed by atoms with van der Waals surface area (Å²) in [6, 6.07) is 3.26. The van der Waals surface area contributed by atoms with Crippen molar-refractivity contribution in [3.63, 3.8) is 0 Å². The zero-order valence-corrected chi connectivity index (χ0v) is 13.8. The summed E-state index contributed by atoms with van der Waals surface area (Å²) >= 11 is 0. The number of furan rings is 1. The van der Waals surface area contributed by atoms with Crippen LogP contribution >= 0.6 is 0 Å². The molecule has 0 aliphatic heterocycles. The average Bonchev–Trinajstić information content (AvgIpc) is 2.88. The number of rotatable bonds is 7. The van der Waals surface area contributed by atoms with E-state index in [0.717, 1.165) is 38.6 Å². The Morgan fingerprint density at radius 3 is 2.62 bits per heavy atom. The van der Waals surface area contributed by atoms with Gasteiger partial charge in [-0.2, -0.15) is 0 Å². The van der Waals surface area contributed by atoms with Crippen LogP contribution in [0.15, 0.2) is 21.6 Å². The minimum atomic E-state index is -3.57. The fraction of sp³-hybridized carbons (Fsp3) is 0.733. The highest BCUT2D eigenvalue weighted by Gasteiger charge is 2.33. The third-order valence-electron chi connectivity index (χ3n) is 3.97. The van der Waals surface area contributed by atoms with Crippen molar-refractivity contribution < 1.29 is 12.8 Å². The van der Waals surface area contributed by atoms with Crippen LogP contribution in [0.5, 0.6) is 0 Å². The molecule has 0 atom stereocenters. The molecule has 0 unspecified atom stereocenters.